The third-order valence-electron chi connectivity index (χ3n) is 4.09. The predicted octanol–water partition coefficient (Wildman–Crippen LogP) is 3.15. The van der Waals surface area contributed by atoms with Crippen LogP contribution in [0.4, 0.5) is 4.39 Å². The minimum Gasteiger partial charge on any atom is -0.497 e. The summed E-state index contributed by atoms with van der Waals surface area (Å²) in [6.45, 7) is 2.40. The number of carbonyl (C=O) groups is 1. The lowest BCUT2D eigenvalue weighted by atomic mass is 10.1. The van der Waals surface area contributed by atoms with Gasteiger partial charge in [0.15, 0.2) is 0 Å². The van der Waals surface area contributed by atoms with Gasteiger partial charge in [-0.05, 0) is 38.2 Å². The first kappa shape index (κ1) is 19.7. The van der Waals surface area contributed by atoms with Crippen molar-refractivity contribution in [3.8, 4) is 11.5 Å². The van der Waals surface area contributed by atoms with Crippen molar-refractivity contribution in [2.45, 2.75) is 19.5 Å². The molecule has 0 heterocycles. The molecule has 5 nitrogen and oxygen atoms in total. The van der Waals surface area contributed by atoms with Crippen LogP contribution in [0.1, 0.15) is 24.1 Å². The number of methoxy groups -OCH3 is 2. The molecule has 0 bridgehead atoms. The second-order valence-electron chi connectivity index (χ2n) is 6.16. The Morgan fingerprint density at radius 1 is 1.19 bits per heavy atom. The number of carbonyl (C=O) groups excluding carboxylic acids is 1. The second kappa shape index (κ2) is 9.20. The fraction of sp³-hybridized carbons (Fsp3) is 0.350. The largest absolute Gasteiger partial charge is 0.497 e. The number of halogens is 1. The smallest absolute Gasteiger partial charge is 0.234 e. The highest BCUT2D eigenvalue weighted by Crippen LogP contribution is 2.29. The molecule has 2 aromatic rings. The quantitative estimate of drug-likeness (QED) is 0.786. The van der Waals surface area contributed by atoms with Gasteiger partial charge in [0.25, 0.3) is 0 Å². The molecular formula is C20H25FN2O3. The van der Waals surface area contributed by atoms with Crippen LogP contribution >= 0.6 is 0 Å². The Hall–Kier alpha value is -2.60. The molecule has 0 spiro atoms. The van der Waals surface area contributed by atoms with Crippen LogP contribution in [0.5, 0.6) is 11.5 Å². The van der Waals surface area contributed by atoms with Gasteiger partial charge < -0.3 is 14.8 Å². The molecule has 0 aliphatic heterocycles. The molecule has 0 aliphatic rings. The highest BCUT2D eigenvalue weighted by atomic mass is 19.1. The third kappa shape index (κ3) is 5.20. The third-order valence-corrected chi connectivity index (χ3v) is 4.09. The number of nitrogens with one attached hydrogen (secondary N) is 1. The minimum absolute atomic E-state index is 0.152. The van der Waals surface area contributed by atoms with Crippen molar-refractivity contribution in [2.75, 3.05) is 27.8 Å². The van der Waals surface area contributed by atoms with E-state index in [1.54, 1.807) is 56.5 Å². The topological polar surface area (TPSA) is 50.8 Å². The molecule has 0 fully saturated rings. The van der Waals surface area contributed by atoms with E-state index in [0.717, 1.165) is 5.56 Å². The summed E-state index contributed by atoms with van der Waals surface area (Å²) in [5.41, 5.74) is 1.39. The van der Waals surface area contributed by atoms with Crippen LogP contribution in [0.25, 0.3) is 0 Å². The van der Waals surface area contributed by atoms with Crippen LogP contribution in [0, 0.1) is 5.82 Å². The van der Waals surface area contributed by atoms with E-state index in [9.17, 15) is 9.18 Å². The maximum atomic E-state index is 13.7. The number of hydrogen-bond donors (Lipinski definition) is 1. The molecule has 2 aromatic carbocycles. The number of ether oxygens (including phenoxy) is 2. The van der Waals surface area contributed by atoms with Crippen LogP contribution in [-0.4, -0.2) is 38.6 Å². The average molecular weight is 360 g/mol. The monoisotopic (exact) mass is 360 g/mol. The van der Waals surface area contributed by atoms with Gasteiger partial charge in [0.1, 0.15) is 17.3 Å². The summed E-state index contributed by atoms with van der Waals surface area (Å²) in [5, 5.41) is 2.94. The zero-order chi connectivity index (χ0) is 19.1. The first-order valence-corrected chi connectivity index (χ1v) is 8.37. The van der Waals surface area contributed by atoms with E-state index >= 15 is 0 Å². The summed E-state index contributed by atoms with van der Waals surface area (Å²) in [5.74, 6) is 0.951. The molecular weight excluding hydrogens is 335 g/mol. The van der Waals surface area contributed by atoms with Crippen LogP contribution in [-0.2, 0) is 11.3 Å². The molecule has 2 rings (SSSR count). The Labute approximate surface area is 153 Å². The van der Waals surface area contributed by atoms with Crippen molar-refractivity contribution in [2.24, 2.45) is 0 Å². The minimum atomic E-state index is -0.269. The van der Waals surface area contributed by atoms with Crippen LogP contribution < -0.4 is 14.8 Å². The SMILES string of the molecule is COc1ccc(OC)c(C(C)NC(=O)CN(C)Cc2ccccc2F)c1. The summed E-state index contributed by atoms with van der Waals surface area (Å²) in [6.07, 6.45) is 0. The van der Waals surface area contributed by atoms with E-state index in [1.807, 2.05) is 13.0 Å². The first-order valence-electron chi connectivity index (χ1n) is 8.37. The van der Waals surface area contributed by atoms with Crippen LogP contribution in [0.2, 0.25) is 0 Å². The van der Waals surface area contributed by atoms with Gasteiger partial charge in [0.2, 0.25) is 5.91 Å². The summed E-state index contributed by atoms with van der Waals surface area (Å²) < 4.78 is 24.3. The van der Waals surface area contributed by atoms with Gasteiger partial charge in [0, 0.05) is 17.7 Å². The normalized spacial score (nSPS) is 11.9. The molecule has 0 aromatic heterocycles. The second-order valence-corrected chi connectivity index (χ2v) is 6.16. The number of likely N-dealkylation sites (N-methyl/N-ethyl adjacent to an activating group) is 1. The molecule has 0 saturated carbocycles. The van der Waals surface area contributed by atoms with Crippen molar-refractivity contribution in [3.63, 3.8) is 0 Å². The van der Waals surface area contributed by atoms with Gasteiger partial charge in [-0.2, -0.15) is 0 Å². The number of hydrogen-bond acceptors (Lipinski definition) is 4. The summed E-state index contributed by atoms with van der Waals surface area (Å²) in [7, 11) is 4.96. The molecule has 1 amide bonds. The van der Waals surface area contributed by atoms with Crippen molar-refractivity contribution < 1.29 is 18.7 Å². The van der Waals surface area contributed by atoms with E-state index in [-0.39, 0.29) is 24.3 Å². The average Bonchev–Trinajstić information content (AvgIpc) is 2.62. The number of benzene rings is 2. The maximum Gasteiger partial charge on any atom is 0.234 e. The molecule has 0 saturated heterocycles. The number of rotatable bonds is 8. The standard InChI is InChI=1S/C20H25FN2O3/c1-14(17-11-16(25-3)9-10-19(17)26-4)22-20(24)13-23(2)12-15-7-5-6-8-18(15)21/h5-11,14H,12-13H2,1-4H3,(H,22,24). The Kier molecular flexibility index (Phi) is 6.97. The van der Waals surface area contributed by atoms with E-state index < -0.39 is 0 Å². The maximum absolute atomic E-state index is 13.7. The van der Waals surface area contributed by atoms with E-state index in [4.69, 9.17) is 9.47 Å². The van der Waals surface area contributed by atoms with E-state index in [1.165, 1.54) is 6.07 Å². The molecule has 1 N–H and O–H groups in total. The summed E-state index contributed by atoms with van der Waals surface area (Å²) in [6, 6.07) is 11.8. The highest BCUT2D eigenvalue weighted by molar-refractivity contribution is 5.78. The first-order chi connectivity index (χ1) is 12.4. The van der Waals surface area contributed by atoms with E-state index in [2.05, 4.69) is 5.32 Å². The lowest BCUT2D eigenvalue weighted by molar-refractivity contribution is -0.122. The van der Waals surface area contributed by atoms with Gasteiger partial charge in [0.05, 0.1) is 26.8 Å². The summed E-state index contributed by atoms with van der Waals surface area (Å²) in [4.78, 5) is 14.1. The number of amides is 1. The van der Waals surface area contributed by atoms with Crippen molar-refractivity contribution in [1.29, 1.82) is 0 Å². The van der Waals surface area contributed by atoms with Crippen molar-refractivity contribution >= 4 is 5.91 Å². The fourth-order valence-corrected chi connectivity index (χ4v) is 2.76. The molecule has 140 valence electrons. The fourth-order valence-electron chi connectivity index (χ4n) is 2.76. The van der Waals surface area contributed by atoms with E-state index in [0.29, 0.717) is 23.6 Å². The molecule has 1 atom stereocenters. The predicted molar refractivity (Wildman–Crippen MR) is 98.8 cm³/mol. The zero-order valence-electron chi connectivity index (χ0n) is 15.6. The van der Waals surface area contributed by atoms with Gasteiger partial charge in [-0.15, -0.1) is 0 Å². The Bertz CT molecular complexity index is 752. The Balaban J connectivity index is 1.97. The zero-order valence-corrected chi connectivity index (χ0v) is 15.6. The molecule has 0 radical (unpaired) electrons. The van der Waals surface area contributed by atoms with Crippen molar-refractivity contribution in [1.82, 2.24) is 10.2 Å². The van der Waals surface area contributed by atoms with Gasteiger partial charge in [-0.3, -0.25) is 9.69 Å². The Morgan fingerprint density at radius 2 is 1.92 bits per heavy atom. The lowest BCUT2D eigenvalue weighted by Gasteiger charge is -2.21. The van der Waals surface area contributed by atoms with Gasteiger partial charge in [-0.1, -0.05) is 18.2 Å². The van der Waals surface area contributed by atoms with Gasteiger partial charge in [-0.25, -0.2) is 4.39 Å². The molecule has 6 heteroatoms. The summed E-state index contributed by atoms with van der Waals surface area (Å²) >= 11 is 0. The van der Waals surface area contributed by atoms with Crippen LogP contribution in [0.15, 0.2) is 42.5 Å². The molecule has 0 aliphatic carbocycles. The molecule has 1 unspecified atom stereocenters. The molecule has 26 heavy (non-hydrogen) atoms. The highest BCUT2D eigenvalue weighted by Gasteiger charge is 2.16. The van der Waals surface area contributed by atoms with Crippen LogP contribution in [0.3, 0.4) is 0 Å². The van der Waals surface area contributed by atoms with Crippen molar-refractivity contribution in [3.05, 3.63) is 59.4 Å². The Morgan fingerprint density at radius 3 is 2.58 bits per heavy atom. The van der Waals surface area contributed by atoms with Gasteiger partial charge >= 0.3 is 0 Å². The number of nitrogens with zero attached hydrogens (tertiary/aromatic N) is 1. The lowest BCUT2D eigenvalue weighted by Crippen LogP contribution is -2.36.